The predicted octanol–water partition coefficient (Wildman–Crippen LogP) is 1.10. The number of hydrogen-bond acceptors (Lipinski definition) is 4. The molecule has 2 saturated heterocycles. The fourth-order valence-electron chi connectivity index (χ4n) is 2.17. The first-order chi connectivity index (χ1) is 7.77. The zero-order valence-electron chi connectivity index (χ0n) is 10.2. The van der Waals surface area contributed by atoms with Crippen LogP contribution in [0.15, 0.2) is 0 Å². The molecule has 100 valence electrons. The smallest absolute Gasteiger partial charge is 0.240 e. The van der Waals surface area contributed by atoms with Gasteiger partial charge in [0, 0.05) is 31.8 Å². The molecule has 0 aromatic rings. The summed E-state index contributed by atoms with van der Waals surface area (Å²) in [5, 5.41) is 3.21. The molecule has 2 fully saturated rings. The molecular formula is C11H21ClN2O2S. The Morgan fingerprint density at radius 3 is 2.94 bits per heavy atom. The first-order valence-corrected chi connectivity index (χ1v) is 7.10. The highest BCUT2D eigenvalue weighted by molar-refractivity contribution is 7.99. The van der Waals surface area contributed by atoms with E-state index in [2.05, 4.69) is 5.32 Å². The molecule has 2 aliphatic rings. The minimum absolute atomic E-state index is 0. The number of hydrogen-bond donors (Lipinski definition) is 1. The van der Waals surface area contributed by atoms with Crippen LogP contribution in [0.25, 0.3) is 0 Å². The average molecular weight is 281 g/mol. The normalized spacial score (nSPS) is 28.5. The Balaban J connectivity index is 0.00000144. The summed E-state index contributed by atoms with van der Waals surface area (Å²) >= 11 is 1.78. The third-order valence-corrected chi connectivity index (χ3v) is 4.08. The van der Waals surface area contributed by atoms with Crippen molar-refractivity contribution in [3.8, 4) is 0 Å². The van der Waals surface area contributed by atoms with E-state index >= 15 is 0 Å². The molecule has 2 atom stereocenters. The number of halogens is 1. The molecule has 4 nitrogen and oxygen atoms in total. The van der Waals surface area contributed by atoms with Crippen molar-refractivity contribution in [1.29, 1.82) is 0 Å². The first-order valence-electron chi connectivity index (χ1n) is 5.95. The van der Waals surface area contributed by atoms with E-state index in [0.29, 0.717) is 0 Å². The van der Waals surface area contributed by atoms with Gasteiger partial charge in [-0.1, -0.05) is 0 Å². The second kappa shape index (κ2) is 7.46. The molecule has 2 rings (SSSR count). The SMILES string of the molecule is CN(CC1CCCCO1)C(=O)C1CSCN1.Cl. The van der Waals surface area contributed by atoms with Crippen LogP contribution in [0, 0.1) is 0 Å². The van der Waals surface area contributed by atoms with Gasteiger partial charge in [0.25, 0.3) is 0 Å². The Morgan fingerprint density at radius 1 is 1.53 bits per heavy atom. The van der Waals surface area contributed by atoms with Crippen molar-refractivity contribution in [3.63, 3.8) is 0 Å². The van der Waals surface area contributed by atoms with Crippen LogP contribution in [0.4, 0.5) is 0 Å². The molecule has 0 aliphatic carbocycles. The van der Waals surface area contributed by atoms with Gasteiger partial charge in [-0.3, -0.25) is 10.1 Å². The average Bonchev–Trinajstić information content (AvgIpc) is 2.83. The van der Waals surface area contributed by atoms with Crippen molar-refractivity contribution < 1.29 is 9.53 Å². The van der Waals surface area contributed by atoms with Crippen LogP contribution in [-0.2, 0) is 9.53 Å². The fraction of sp³-hybridized carbons (Fsp3) is 0.909. The largest absolute Gasteiger partial charge is 0.376 e. The summed E-state index contributed by atoms with van der Waals surface area (Å²) < 4.78 is 5.64. The van der Waals surface area contributed by atoms with E-state index in [0.717, 1.165) is 37.6 Å². The van der Waals surface area contributed by atoms with E-state index in [1.54, 1.807) is 11.8 Å². The third-order valence-electron chi connectivity index (χ3n) is 3.14. The Bertz CT molecular complexity index is 244. The molecule has 6 heteroatoms. The lowest BCUT2D eigenvalue weighted by atomic mass is 10.1. The quantitative estimate of drug-likeness (QED) is 0.841. The van der Waals surface area contributed by atoms with E-state index in [-0.39, 0.29) is 30.5 Å². The lowest BCUT2D eigenvalue weighted by Gasteiger charge is -2.28. The Kier molecular flexibility index (Phi) is 6.62. The van der Waals surface area contributed by atoms with Gasteiger partial charge in [-0.15, -0.1) is 24.2 Å². The summed E-state index contributed by atoms with van der Waals surface area (Å²) in [7, 11) is 1.88. The number of carbonyl (C=O) groups excluding carboxylic acids is 1. The van der Waals surface area contributed by atoms with Gasteiger partial charge in [0.15, 0.2) is 0 Å². The van der Waals surface area contributed by atoms with E-state index in [1.165, 1.54) is 6.42 Å². The summed E-state index contributed by atoms with van der Waals surface area (Å²) in [6.45, 7) is 1.59. The number of ether oxygens (including phenoxy) is 1. The van der Waals surface area contributed by atoms with Gasteiger partial charge in [0.05, 0.1) is 12.1 Å². The van der Waals surface area contributed by atoms with Crippen LogP contribution in [0.1, 0.15) is 19.3 Å². The van der Waals surface area contributed by atoms with Crippen LogP contribution >= 0.6 is 24.2 Å². The molecule has 0 aromatic carbocycles. The Hall–Kier alpha value is 0.0300. The zero-order chi connectivity index (χ0) is 11.4. The van der Waals surface area contributed by atoms with Crippen molar-refractivity contribution >= 4 is 30.1 Å². The van der Waals surface area contributed by atoms with E-state index in [4.69, 9.17) is 4.74 Å². The van der Waals surface area contributed by atoms with Gasteiger partial charge >= 0.3 is 0 Å². The maximum absolute atomic E-state index is 12.0. The van der Waals surface area contributed by atoms with Gasteiger partial charge < -0.3 is 9.64 Å². The number of nitrogens with one attached hydrogen (secondary N) is 1. The molecule has 17 heavy (non-hydrogen) atoms. The summed E-state index contributed by atoms with van der Waals surface area (Å²) in [6, 6.07) is 0.0126. The molecule has 0 bridgehead atoms. The van der Waals surface area contributed by atoms with Crippen LogP contribution in [0.5, 0.6) is 0 Å². The zero-order valence-corrected chi connectivity index (χ0v) is 11.8. The van der Waals surface area contributed by atoms with Crippen molar-refractivity contribution in [1.82, 2.24) is 10.2 Å². The Labute approximate surface area is 113 Å². The predicted molar refractivity (Wildman–Crippen MR) is 72.7 cm³/mol. The van der Waals surface area contributed by atoms with Crippen molar-refractivity contribution in [2.75, 3.05) is 31.8 Å². The topological polar surface area (TPSA) is 41.6 Å². The van der Waals surface area contributed by atoms with E-state index in [9.17, 15) is 4.79 Å². The van der Waals surface area contributed by atoms with Crippen LogP contribution in [0.3, 0.4) is 0 Å². The molecule has 0 spiro atoms. The number of likely N-dealkylation sites (N-methyl/N-ethyl adjacent to an activating group) is 1. The van der Waals surface area contributed by atoms with Crippen molar-refractivity contribution in [3.05, 3.63) is 0 Å². The molecule has 2 unspecified atom stereocenters. The van der Waals surface area contributed by atoms with Crippen LogP contribution < -0.4 is 5.32 Å². The third kappa shape index (κ3) is 4.32. The molecule has 1 N–H and O–H groups in total. The standard InChI is InChI=1S/C11H20N2O2S.ClH/c1-13(6-9-4-2-3-5-15-9)11(14)10-7-16-8-12-10;/h9-10,12H,2-8H2,1H3;1H. The van der Waals surface area contributed by atoms with E-state index in [1.807, 2.05) is 11.9 Å². The number of thioether (sulfide) groups is 1. The van der Waals surface area contributed by atoms with Gasteiger partial charge in [-0.25, -0.2) is 0 Å². The van der Waals surface area contributed by atoms with Crippen molar-refractivity contribution in [2.45, 2.75) is 31.4 Å². The molecule has 1 amide bonds. The number of amides is 1. The molecule has 0 aromatic heterocycles. The monoisotopic (exact) mass is 280 g/mol. The minimum atomic E-state index is 0. The van der Waals surface area contributed by atoms with Gasteiger partial charge in [0.1, 0.15) is 0 Å². The summed E-state index contributed by atoms with van der Waals surface area (Å²) in [4.78, 5) is 13.8. The summed E-state index contributed by atoms with van der Waals surface area (Å²) in [5.74, 6) is 2.00. The summed E-state index contributed by atoms with van der Waals surface area (Å²) in [6.07, 6.45) is 3.72. The van der Waals surface area contributed by atoms with Crippen molar-refractivity contribution in [2.24, 2.45) is 0 Å². The maximum atomic E-state index is 12.0. The lowest BCUT2D eigenvalue weighted by Crippen LogP contribution is -2.46. The number of nitrogens with zero attached hydrogens (tertiary/aromatic N) is 1. The van der Waals surface area contributed by atoms with Gasteiger partial charge in [-0.2, -0.15) is 0 Å². The molecular weight excluding hydrogens is 260 g/mol. The number of carbonyl (C=O) groups is 1. The van der Waals surface area contributed by atoms with Gasteiger partial charge in [-0.05, 0) is 19.3 Å². The molecule has 0 saturated carbocycles. The highest BCUT2D eigenvalue weighted by atomic mass is 35.5. The molecule has 0 radical (unpaired) electrons. The second-order valence-electron chi connectivity index (χ2n) is 4.48. The highest BCUT2D eigenvalue weighted by Crippen LogP contribution is 2.15. The van der Waals surface area contributed by atoms with E-state index < -0.39 is 0 Å². The number of rotatable bonds is 3. The lowest BCUT2D eigenvalue weighted by molar-refractivity contribution is -0.133. The first kappa shape index (κ1) is 15.1. The molecule has 2 aliphatic heterocycles. The highest BCUT2D eigenvalue weighted by Gasteiger charge is 2.27. The second-order valence-corrected chi connectivity index (χ2v) is 5.51. The van der Waals surface area contributed by atoms with Gasteiger partial charge in [0.2, 0.25) is 5.91 Å². The summed E-state index contributed by atoms with van der Waals surface area (Å²) in [5.41, 5.74) is 0. The minimum Gasteiger partial charge on any atom is -0.376 e. The van der Waals surface area contributed by atoms with Crippen LogP contribution in [0.2, 0.25) is 0 Å². The maximum Gasteiger partial charge on any atom is 0.240 e. The fourth-order valence-corrected chi connectivity index (χ4v) is 3.10. The van der Waals surface area contributed by atoms with Crippen LogP contribution in [-0.4, -0.2) is 54.8 Å². The Morgan fingerprint density at radius 2 is 2.35 bits per heavy atom. The molecule has 2 heterocycles.